The van der Waals surface area contributed by atoms with E-state index in [0.29, 0.717) is 23.1 Å². The highest BCUT2D eigenvalue weighted by Gasteiger charge is 2.15. The fourth-order valence-electron chi connectivity index (χ4n) is 2.97. The smallest absolute Gasteiger partial charge is 0.270 e. The molecule has 1 N–H and O–H groups in total. The van der Waals surface area contributed by atoms with E-state index in [2.05, 4.69) is 20.3 Å². The SMILES string of the molecule is Cc1ncn(-c2cc(Oc3ccc(NC(=O)c4ccc([N+](=O)[O-])cc4Cl)cc3)ncn2)c1C. The van der Waals surface area contributed by atoms with Crippen LogP contribution >= 0.6 is 11.6 Å². The fourth-order valence-corrected chi connectivity index (χ4v) is 3.23. The number of ether oxygens (including phenoxy) is 1. The van der Waals surface area contributed by atoms with Gasteiger partial charge in [-0.25, -0.2) is 15.0 Å². The van der Waals surface area contributed by atoms with Crippen LogP contribution in [-0.2, 0) is 0 Å². The zero-order valence-corrected chi connectivity index (χ0v) is 18.3. The molecule has 0 saturated carbocycles. The van der Waals surface area contributed by atoms with Crippen molar-refractivity contribution in [3.63, 3.8) is 0 Å². The molecule has 11 heteroatoms. The van der Waals surface area contributed by atoms with Gasteiger partial charge >= 0.3 is 0 Å². The highest BCUT2D eigenvalue weighted by Crippen LogP contribution is 2.25. The van der Waals surface area contributed by atoms with Crippen molar-refractivity contribution in [2.45, 2.75) is 13.8 Å². The summed E-state index contributed by atoms with van der Waals surface area (Å²) in [5, 5.41) is 13.5. The number of hydrogen-bond acceptors (Lipinski definition) is 7. The summed E-state index contributed by atoms with van der Waals surface area (Å²) in [5.74, 6) is 0.988. The average Bonchev–Trinajstić information content (AvgIpc) is 3.13. The molecule has 0 saturated heterocycles. The Balaban J connectivity index is 1.45. The largest absolute Gasteiger partial charge is 0.439 e. The van der Waals surface area contributed by atoms with Crippen LogP contribution in [0, 0.1) is 24.0 Å². The van der Waals surface area contributed by atoms with Crippen LogP contribution in [0.4, 0.5) is 11.4 Å². The number of hydrogen-bond donors (Lipinski definition) is 1. The summed E-state index contributed by atoms with van der Waals surface area (Å²) in [6.45, 7) is 3.86. The van der Waals surface area contributed by atoms with Crippen molar-refractivity contribution >= 4 is 28.9 Å². The number of nitrogens with one attached hydrogen (secondary N) is 1. The van der Waals surface area contributed by atoms with E-state index in [1.807, 2.05) is 18.4 Å². The van der Waals surface area contributed by atoms with Crippen LogP contribution in [-0.4, -0.2) is 30.3 Å². The molecule has 0 atom stereocenters. The van der Waals surface area contributed by atoms with Gasteiger partial charge < -0.3 is 10.1 Å². The molecule has 33 heavy (non-hydrogen) atoms. The summed E-state index contributed by atoms with van der Waals surface area (Å²) in [4.78, 5) is 35.4. The van der Waals surface area contributed by atoms with Crippen molar-refractivity contribution in [3.05, 3.63) is 93.3 Å². The molecular formula is C22H17ClN6O4. The molecule has 0 fully saturated rings. The van der Waals surface area contributed by atoms with Gasteiger partial charge in [-0.3, -0.25) is 19.5 Å². The third kappa shape index (κ3) is 4.80. The lowest BCUT2D eigenvalue weighted by atomic mass is 10.2. The third-order valence-electron chi connectivity index (χ3n) is 4.87. The topological polar surface area (TPSA) is 125 Å². The predicted octanol–water partition coefficient (Wildman–Crippen LogP) is 4.89. The molecule has 0 radical (unpaired) electrons. The monoisotopic (exact) mass is 464 g/mol. The van der Waals surface area contributed by atoms with Crippen molar-refractivity contribution in [2.75, 3.05) is 5.32 Å². The zero-order valence-electron chi connectivity index (χ0n) is 17.5. The Bertz CT molecular complexity index is 1350. The van der Waals surface area contributed by atoms with Crippen LogP contribution in [0.1, 0.15) is 21.7 Å². The number of non-ortho nitro benzene ring substituents is 1. The van der Waals surface area contributed by atoms with Crippen molar-refractivity contribution < 1.29 is 14.5 Å². The molecule has 0 unspecified atom stereocenters. The van der Waals surface area contributed by atoms with Gasteiger partial charge in [-0.1, -0.05) is 11.6 Å². The van der Waals surface area contributed by atoms with Gasteiger partial charge in [-0.2, -0.15) is 0 Å². The Morgan fingerprint density at radius 3 is 2.48 bits per heavy atom. The number of nitro benzene ring substituents is 1. The van der Waals surface area contributed by atoms with Gasteiger partial charge in [0.15, 0.2) is 0 Å². The number of aryl methyl sites for hydroxylation is 1. The number of nitro groups is 1. The summed E-state index contributed by atoms with van der Waals surface area (Å²) < 4.78 is 7.64. The summed E-state index contributed by atoms with van der Waals surface area (Å²) >= 11 is 6.02. The maximum Gasteiger partial charge on any atom is 0.270 e. The number of rotatable bonds is 6. The minimum atomic E-state index is -0.579. The van der Waals surface area contributed by atoms with Gasteiger partial charge in [0.2, 0.25) is 5.88 Å². The normalized spacial score (nSPS) is 10.6. The Morgan fingerprint density at radius 1 is 1.09 bits per heavy atom. The second-order valence-corrected chi connectivity index (χ2v) is 7.41. The van der Waals surface area contributed by atoms with Crippen molar-refractivity contribution in [1.29, 1.82) is 0 Å². The number of aromatic nitrogens is 4. The standard InChI is InChI=1S/C22H17ClN6O4/c1-13-14(2)28(12-26-13)20-10-21(25-11-24-20)33-17-6-3-15(4-7-17)27-22(30)18-8-5-16(29(31)32)9-19(18)23/h3-12H,1-2H3,(H,27,30). The first-order valence-electron chi connectivity index (χ1n) is 9.68. The quantitative estimate of drug-likeness (QED) is 0.318. The Labute approximate surface area is 193 Å². The molecular weight excluding hydrogens is 448 g/mol. The number of imidazole rings is 1. The van der Waals surface area contributed by atoms with Gasteiger partial charge in [0.25, 0.3) is 11.6 Å². The molecule has 2 heterocycles. The maximum absolute atomic E-state index is 12.5. The van der Waals surface area contributed by atoms with Crippen LogP contribution in [0.5, 0.6) is 11.6 Å². The van der Waals surface area contributed by atoms with E-state index in [9.17, 15) is 14.9 Å². The first kappa shape index (κ1) is 21.9. The lowest BCUT2D eigenvalue weighted by Crippen LogP contribution is -2.12. The summed E-state index contributed by atoms with van der Waals surface area (Å²) in [6, 6.07) is 12.0. The molecule has 0 aliphatic rings. The van der Waals surface area contributed by atoms with E-state index in [1.165, 1.54) is 18.5 Å². The van der Waals surface area contributed by atoms with E-state index < -0.39 is 10.8 Å². The summed E-state index contributed by atoms with van der Waals surface area (Å²) in [5.41, 5.74) is 2.30. The van der Waals surface area contributed by atoms with E-state index >= 15 is 0 Å². The van der Waals surface area contributed by atoms with Crippen molar-refractivity contribution in [3.8, 4) is 17.4 Å². The first-order chi connectivity index (χ1) is 15.8. The highest BCUT2D eigenvalue weighted by molar-refractivity contribution is 6.34. The summed E-state index contributed by atoms with van der Waals surface area (Å²) in [6.07, 6.45) is 3.09. The number of carbonyl (C=O) groups is 1. The molecule has 10 nitrogen and oxygen atoms in total. The predicted molar refractivity (Wildman–Crippen MR) is 121 cm³/mol. The molecule has 0 aliphatic heterocycles. The maximum atomic E-state index is 12.5. The summed E-state index contributed by atoms with van der Waals surface area (Å²) in [7, 11) is 0. The van der Waals surface area contributed by atoms with Gasteiger partial charge in [0.1, 0.15) is 24.2 Å². The highest BCUT2D eigenvalue weighted by atomic mass is 35.5. The molecule has 2 aromatic heterocycles. The van der Waals surface area contributed by atoms with Gasteiger partial charge in [0, 0.05) is 29.6 Å². The van der Waals surface area contributed by atoms with Crippen LogP contribution < -0.4 is 10.1 Å². The number of halogens is 1. The third-order valence-corrected chi connectivity index (χ3v) is 5.18. The zero-order chi connectivity index (χ0) is 23.5. The molecule has 2 aromatic carbocycles. The molecule has 0 aliphatic carbocycles. The lowest BCUT2D eigenvalue weighted by molar-refractivity contribution is -0.384. The Kier molecular flexibility index (Phi) is 6.01. The molecule has 166 valence electrons. The second kappa shape index (κ2) is 9.05. The van der Waals surface area contributed by atoms with Crippen molar-refractivity contribution in [1.82, 2.24) is 19.5 Å². The van der Waals surface area contributed by atoms with Gasteiger partial charge in [-0.15, -0.1) is 0 Å². The molecule has 4 rings (SSSR count). The molecule has 0 bridgehead atoms. The second-order valence-electron chi connectivity index (χ2n) is 7.00. The fraction of sp³-hybridized carbons (Fsp3) is 0.0909. The van der Waals surface area contributed by atoms with E-state index in [1.54, 1.807) is 36.7 Å². The molecule has 1 amide bonds. The van der Waals surface area contributed by atoms with Crippen LogP contribution in [0.3, 0.4) is 0 Å². The van der Waals surface area contributed by atoms with E-state index in [-0.39, 0.29) is 16.3 Å². The number of anilines is 1. The average molecular weight is 465 g/mol. The number of carbonyl (C=O) groups excluding carboxylic acids is 1. The lowest BCUT2D eigenvalue weighted by Gasteiger charge is -2.09. The van der Waals surface area contributed by atoms with Crippen LogP contribution in [0.2, 0.25) is 5.02 Å². The number of benzene rings is 2. The van der Waals surface area contributed by atoms with Crippen molar-refractivity contribution in [2.24, 2.45) is 0 Å². The van der Waals surface area contributed by atoms with Crippen LogP contribution in [0.15, 0.2) is 61.2 Å². The van der Waals surface area contributed by atoms with E-state index in [4.69, 9.17) is 16.3 Å². The molecule has 4 aromatic rings. The number of amides is 1. The minimum Gasteiger partial charge on any atom is -0.439 e. The first-order valence-corrected chi connectivity index (χ1v) is 10.1. The van der Waals surface area contributed by atoms with Crippen LogP contribution in [0.25, 0.3) is 5.82 Å². The van der Waals surface area contributed by atoms with Gasteiger partial charge in [0.05, 0.1) is 21.2 Å². The number of nitrogens with zero attached hydrogens (tertiary/aromatic N) is 5. The van der Waals surface area contributed by atoms with Gasteiger partial charge in [-0.05, 0) is 44.2 Å². The Hall–Kier alpha value is -4.31. The minimum absolute atomic E-state index is 0.00968. The van der Waals surface area contributed by atoms with E-state index in [0.717, 1.165) is 17.5 Å². The Morgan fingerprint density at radius 2 is 1.85 bits per heavy atom. The molecule has 0 spiro atoms.